The van der Waals surface area contributed by atoms with Gasteiger partial charge in [-0.25, -0.2) is 8.42 Å². The zero-order chi connectivity index (χ0) is 24.5. The highest BCUT2D eigenvalue weighted by molar-refractivity contribution is 7.89. The number of phenols is 2. The summed E-state index contributed by atoms with van der Waals surface area (Å²) in [6, 6.07) is 0.00853. The van der Waals surface area contributed by atoms with E-state index < -0.39 is 27.8 Å². The number of aliphatic carboxylic acids is 1. The number of rotatable bonds is 13. The van der Waals surface area contributed by atoms with Crippen molar-refractivity contribution in [2.24, 2.45) is 0 Å². The molecule has 0 aromatic heterocycles. The summed E-state index contributed by atoms with van der Waals surface area (Å²) >= 11 is 0. The van der Waals surface area contributed by atoms with Crippen LogP contribution in [0.15, 0.2) is 34.3 Å². The molecule has 1 aromatic rings. The number of aromatic hydroxyl groups is 2. The maximum Gasteiger partial charge on any atom is 0.321 e. The molecule has 4 N–H and O–H groups in total. The van der Waals surface area contributed by atoms with E-state index in [1.54, 1.807) is 0 Å². The smallest absolute Gasteiger partial charge is 0.321 e. The van der Waals surface area contributed by atoms with Crippen LogP contribution in [0.4, 0.5) is 0 Å². The summed E-state index contributed by atoms with van der Waals surface area (Å²) in [5.41, 5.74) is 2.65. The van der Waals surface area contributed by atoms with Crippen molar-refractivity contribution in [3.05, 3.63) is 40.5 Å². The van der Waals surface area contributed by atoms with E-state index in [9.17, 15) is 23.4 Å². The lowest BCUT2D eigenvalue weighted by Gasteiger charge is -2.18. The normalized spacial score (nSPS) is 13.1. The highest BCUT2D eigenvalue weighted by Crippen LogP contribution is 2.38. The average Bonchev–Trinajstić information content (AvgIpc) is 2.66. The van der Waals surface area contributed by atoms with Gasteiger partial charge in [-0.15, -0.1) is 0 Å². The number of carboxylic acids is 1. The van der Waals surface area contributed by atoms with Gasteiger partial charge in [0.05, 0.1) is 0 Å². The summed E-state index contributed by atoms with van der Waals surface area (Å²) in [7, 11) is -4.32. The van der Waals surface area contributed by atoms with Crippen molar-refractivity contribution in [3.8, 4) is 11.5 Å². The topological polar surface area (TPSA) is 124 Å². The average molecular weight is 468 g/mol. The van der Waals surface area contributed by atoms with Gasteiger partial charge in [0.15, 0.2) is 0 Å². The quantitative estimate of drug-likeness (QED) is 0.244. The highest BCUT2D eigenvalue weighted by atomic mass is 32.2. The first-order valence-corrected chi connectivity index (χ1v) is 12.5. The molecular formula is C24H37NO6S. The molecule has 0 radical (unpaired) electrons. The number of unbranched alkanes of at least 4 members (excludes halogenated alkanes) is 2. The van der Waals surface area contributed by atoms with Gasteiger partial charge in [0.25, 0.3) is 0 Å². The van der Waals surface area contributed by atoms with E-state index in [2.05, 4.69) is 10.8 Å². The fraction of sp³-hybridized carbons (Fsp3) is 0.542. The third-order valence-electron chi connectivity index (χ3n) is 5.18. The van der Waals surface area contributed by atoms with Crippen molar-refractivity contribution in [1.29, 1.82) is 0 Å². The molecular weight excluding hydrogens is 430 g/mol. The molecule has 0 fully saturated rings. The minimum atomic E-state index is -4.32. The number of nitrogens with one attached hydrogen (secondary N) is 1. The Labute approximate surface area is 191 Å². The molecule has 1 atom stereocenters. The molecule has 0 bridgehead atoms. The summed E-state index contributed by atoms with van der Waals surface area (Å²) in [6.07, 6.45) is 8.61. The lowest BCUT2D eigenvalue weighted by Crippen LogP contribution is -2.38. The Bertz CT molecular complexity index is 959. The Balaban J connectivity index is 3.38. The van der Waals surface area contributed by atoms with Gasteiger partial charge < -0.3 is 15.3 Å². The second kappa shape index (κ2) is 12.6. The van der Waals surface area contributed by atoms with E-state index in [1.807, 2.05) is 33.8 Å². The van der Waals surface area contributed by atoms with Crippen LogP contribution >= 0.6 is 0 Å². The molecule has 0 saturated heterocycles. The lowest BCUT2D eigenvalue weighted by atomic mass is 10.00. The minimum Gasteiger partial charge on any atom is -0.508 e. The SMILES string of the molecule is CCCCCc1cc(O)c(C/C=C(\C)CCC=C(C)C)c(O)c1S(=O)(=O)NC(C)C(=O)O. The molecule has 180 valence electrons. The second-order valence-corrected chi connectivity index (χ2v) is 10.1. The van der Waals surface area contributed by atoms with Crippen LogP contribution < -0.4 is 4.72 Å². The molecule has 0 saturated carbocycles. The lowest BCUT2D eigenvalue weighted by molar-refractivity contribution is -0.138. The molecule has 0 aliphatic carbocycles. The van der Waals surface area contributed by atoms with E-state index in [0.29, 0.717) is 12.8 Å². The first-order chi connectivity index (χ1) is 14.9. The van der Waals surface area contributed by atoms with Crippen molar-refractivity contribution < 1.29 is 28.5 Å². The zero-order valence-electron chi connectivity index (χ0n) is 19.7. The van der Waals surface area contributed by atoms with E-state index >= 15 is 0 Å². The molecule has 7 nitrogen and oxygen atoms in total. The molecule has 0 heterocycles. The van der Waals surface area contributed by atoms with Crippen molar-refractivity contribution >= 4 is 16.0 Å². The number of benzene rings is 1. The molecule has 1 rings (SSSR count). The van der Waals surface area contributed by atoms with Crippen LogP contribution in [0.2, 0.25) is 0 Å². The molecule has 1 unspecified atom stereocenters. The van der Waals surface area contributed by atoms with E-state index in [1.165, 1.54) is 18.6 Å². The first-order valence-electron chi connectivity index (χ1n) is 11.0. The van der Waals surface area contributed by atoms with Crippen molar-refractivity contribution in [1.82, 2.24) is 4.72 Å². The Morgan fingerprint density at radius 3 is 2.38 bits per heavy atom. The molecule has 0 aliphatic heterocycles. The van der Waals surface area contributed by atoms with Gasteiger partial charge in [0.1, 0.15) is 22.4 Å². The third kappa shape index (κ3) is 8.31. The van der Waals surface area contributed by atoms with Gasteiger partial charge in [0.2, 0.25) is 10.0 Å². The van der Waals surface area contributed by atoms with Crippen LogP contribution in [-0.4, -0.2) is 35.7 Å². The van der Waals surface area contributed by atoms with Crippen molar-refractivity contribution in [3.63, 3.8) is 0 Å². The summed E-state index contributed by atoms with van der Waals surface area (Å²) in [5.74, 6) is -2.03. The van der Waals surface area contributed by atoms with Crippen molar-refractivity contribution in [2.75, 3.05) is 0 Å². The predicted molar refractivity (Wildman–Crippen MR) is 127 cm³/mol. The molecule has 1 aromatic carbocycles. The number of carbonyl (C=O) groups is 1. The largest absolute Gasteiger partial charge is 0.508 e. The van der Waals surface area contributed by atoms with Crippen LogP contribution in [0.5, 0.6) is 11.5 Å². The maximum absolute atomic E-state index is 13.0. The molecule has 32 heavy (non-hydrogen) atoms. The van der Waals surface area contributed by atoms with Gasteiger partial charge in [-0.3, -0.25) is 4.79 Å². The summed E-state index contributed by atoms with van der Waals surface area (Å²) < 4.78 is 28.1. The number of aryl methyl sites for hydroxylation is 1. The fourth-order valence-corrected chi connectivity index (χ4v) is 4.86. The summed E-state index contributed by atoms with van der Waals surface area (Å²) in [4.78, 5) is 10.8. The van der Waals surface area contributed by atoms with Gasteiger partial charge in [0, 0.05) is 5.56 Å². The Morgan fingerprint density at radius 1 is 1.16 bits per heavy atom. The third-order valence-corrected chi connectivity index (χ3v) is 6.84. The van der Waals surface area contributed by atoms with E-state index in [4.69, 9.17) is 5.11 Å². The van der Waals surface area contributed by atoms with Gasteiger partial charge in [-0.1, -0.05) is 43.1 Å². The molecule has 0 amide bonds. The van der Waals surface area contributed by atoms with Crippen LogP contribution in [0, 0.1) is 0 Å². The van der Waals surface area contributed by atoms with Crippen LogP contribution in [0.25, 0.3) is 0 Å². The van der Waals surface area contributed by atoms with Crippen molar-refractivity contribution in [2.45, 2.75) is 90.5 Å². The summed E-state index contributed by atoms with van der Waals surface area (Å²) in [5, 5.41) is 30.5. The highest BCUT2D eigenvalue weighted by Gasteiger charge is 2.29. The zero-order valence-corrected chi connectivity index (χ0v) is 20.6. The first kappa shape index (κ1) is 27.7. The second-order valence-electron chi connectivity index (χ2n) is 8.42. The van der Waals surface area contributed by atoms with Crippen LogP contribution in [0.3, 0.4) is 0 Å². The number of hydrogen-bond acceptors (Lipinski definition) is 5. The Kier molecular flexibility index (Phi) is 11.0. The molecule has 0 aliphatic rings. The van der Waals surface area contributed by atoms with E-state index in [-0.39, 0.29) is 28.2 Å². The molecule has 0 spiro atoms. The standard InChI is InChI=1S/C24H37NO6S/c1-6-7-8-12-19-15-21(26)20(14-13-17(4)11-9-10-16(2)3)22(27)23(19)32(30,31)25-18(5)24(28)29/h10,13,15,18,25-27H,6-9,11-12,14H2,1-5H3,(H,28,29)/b17-13+. The maximum atomic E-state index is 13.0. The van der Waals surface area contributed by atoms with Crippen LogP contribution in [0.1, 0.15) is 77.8 Å². The number of sulfonamides is 1. The predicted octanol–water partition coefficient (Wildman–Crippen LogP) is 4.82. The summed E-state index contributed by atoms with van der Waals surface area (Å²) in [6.45, 7) is 9.22. The number of allylic oxidation sites excluding steroid dienone is 4. The fourth-order valence-electron chi connectivity index (χ4n) is 3.29. The van der Waals surface area contributed by atoms with Gasteiger partial charge in [-0.05, 0) is 71.4 Å². The Hall–Kier alpha value is -2.32. The van der Waals surface area contributed by atoms with Gasteiger partial charge in [-0.2, -0.15) is 4.72 Å². The van der Waals surface area contributed by atoms with Gasteiger partial charge >= 0.3 is 5.97 Å². The van der Waals surface area contributed by atoms with Crippen LogP contribution in [-0.2, 0) is 27.7 Å². The number of hydrogen-bond donors (Lipinski definition) is 4. The Morgan fingerprint density at radius 2 is 1.81 bits per heavy atom. The minimum absolute atomic E-state index is 0.106. The number of carboxylic acid groups (broad SMARTS) is 1. The molecule has 8 heteroatoms. The monoisotopic (exact) mass is 467 g/mol. The number of phenolic OH excluding ortho intramolecular Hbond substituents is 2. The van der Waals surface area contributed by atoms with E-state index in [0.717, 1.165) is 31.3 Å².